The number of ketones is 1. The minimum Gasteiger partial charge on any atom is -0.370 e. The third-order valence-electron chi connectivity index (χ3n) is 3.51. The van der Waals surface area contributed by atoms with E-state index in [0.717, 1.165) is 42.9 Å². The Labute approximate surface area is 108 Å². The first-order valence-corrected chi connectivity index (χ1v) is 6.38. The molecule has 0 atom stereocenters. The van der Waals surface area contributed by atoms with Crippen LogP contribution in [0.1, 0.15) is 10.4 Å². The topological polar surface area (TPSA) is 26.3 Å². The normalized spacial score (nSPS) is 18.2. The summed E-state index contributed by atoms with van der Waals surface area (Å²) in [4.78, 5) is 12.3. The molecule has 96 valence electrons. The number of carbonyl (C=O) groups excluding carboxylic acids is 1. The number of hydrogen-bond donors (Lipinski definition) is 0. The van der Waals surface area contributed by atoms with E-state index in [1.54, 1.807) is 0 Å². The van der Waals surface area contributed by atoms with Crippen LogP contribution in [0, 0.1) is 0 Å². The number of ether oxygens (including phenoxy) is 1. The summed E-state index contributed by atoms with van der Waals surface area (Å²) in [6.07, 6.45) is 1.91. The third kappa shape index (κ3) is 3.06. The molecule has 1 fully saturated rings. The van der Waals surface area contributed by atoms with E-state index in [1.165, 1.54) is 0 Å². The maximum absolute atomic E-state index is 12.3. The fourth-order valence-corrected chi connectivity index (χ4v) is 2.43. The fraction of sp³-hybridized carbons (Fsp3) is 0.400. The van der Waals surface area contributed by atoms with Gasteiger partial charge in [0.25, 0.3) is 0 Å². The monoisotopic (exact) mass is 246 g/mol. The molecular weight excluding hydrogens is 226 g/mol. The van der Waals surface area contributed by atoms with Gasteiger partial charge >= 0.3 is 0 Å². The quantitative estimate of drug-likeness (QED) is 0.450. The summed E-state index contributed by atoms with van der Waals surface area (Å²) in [5.41, 5.74) is 0.797. The van der Waals surface area contributed by atoms with E-state index in [0.29, 0.717) is 6.54 Å². The fourth-order valence-electron chi connectivity index (χ4n) is 2.43. The predicted octanol–water partition coefficient (Wildman–Crippen LogP) is 1.90. The smallest absolute Gasteiger partial charge is 0.216 e. The average Bonchev–Trinajstić information content (AvgIpc) is 2.41. The van der Waals surface area contributed by atoms with Gasteiger partial charge in [-0.3, -0.25) is 4.79 Å². The van der Waals surface area contributed by atoms with E-state index in [2.05, 4.69) is 6.58 Å². The number of morpholine rings is 1. The van der Waals surface area contributed by atoms with E-state index in [4.69, 9.17) is 4.74 Å². The Morgan fingerprint density at radius 1 is 1.28 bits per heavy atom. The lowest BCUT2D eigenvalue weighted by atomic mass is 10.1. The molecule has 0 bridgehead atoms. The number of nitrogens with zero attached hydrogens (tertiary/aromatic N) is 1. The second-order valence-corrected chi connectivity index (χ2v) is 4.82. The van der Waals surface area contributed by atoms with Crippen LogP contribution in [0.3, 0.4) is 0 Å². The lowest BCUT2D eigenvalue weighted by Crippen LogP contribution is -2.57. The van der Waals surface area contributed by atoms with Crippen LogP contribution in [0.5, 0.6) is 0 Å². The Hall–Kier alpha value is -1.45. The van der Waals surface area contributed by atoms with Crippen molar-refractivity contribution in [2.45, 2.75) is 0 Å². The summed E-state index contributed by atoms with van der Waals surface area (Å²) in [6, 6.07) is 9.51. The zero-order valence-corrected chi connectivity index (χ0v) is 10.7. The molecule has 0 radical (unpaired) electrons. The van der Waals surface area contributed by atoms with E-state index in [9.17, 15) is 4.79 Å². The van der Waals surface area contributed by atoms with Gasteiger partial charge in [-0.15, -0.1) is 0 Å². The molecule has 0 amide bonds. The van der Waals surface area contributed by atoms with Crippen LogP contribution in [0.2, 0.25) is 0 Å². The highest BCUT2D eigenvalue weighted by atomic mass is 16.5. The molecule has 3 heteroatoms. The molecular formula is C15H20NO2+. The van der Waals surface area contributed by atoms with Gasteiger partial charge in [-0.25, -0.2) is 0 Å². The molecule has 0 aromatic heterocycles. The Morgan fingerprint density at radius 2 is 1.94 bits per heavy atom. The minimum atomic E-state index is 0.208. The number of carbonyl (C=O) groups is 1. The zero-order chi connectivity index (χ0) is 12.8. The number of rotatable bonds is 5. The molecule has 1 aliphatic heterocycles. The van der Waals surface area contributed by atoms with Gasteiger partial charge < -0.3 is 9.22 Å². The molecule has 2 rings (SSSR count). The van der Waals surface area contributed by atoms with Crippen LogP contribution in [-0.4, -0.2) is 49.7 Å². The molecule has 18 heavy (non-hydrogen) atoms. The molecule has 0 aliphatic carbocycles. The van der Waals surface area contributed by atoms with Crippen LogP contribution in [0.15, 0.2) is 43.0 Å². The maximum Gasteiger partial charge on any atom is 0.216 e. The van der Waals surface area contributed by atoms with Crippen LogP contribution >= 0.6 is 0 Å². The van der Waals surface area contributed by atoms with Crippen LogP contribution in [0.25, 0.3) is 0 Å². The van der Waals surface area contributed by atoms with Gasteiger partial charge in [0, 0.05) is 5.56 Å². The Morgan fingerprint density at radius 3 is 2.56 bits per heavy atom. The van der Waals surface area contributed by atoms with E-state index >= 15 is 0 Å². The Bertz CT molecular complexity index is 408. The number of benzene rings is 1. The molecule has 0 spiro atoms. The molecule has 0 N–H and O–H groups in total. The highest BCUT2D eigenvalue weighted by Gasteiger charge is 2.31. The largest absolute Gasteiger partial charge is 0.370 e. The number of Topliss-reactive ketones (excluding diaryl/α,β-unsaturated/α-hetero) is 1. The van der Waals surface area contributed by atoms with Crippen molar-refractivity contribution in [1.29, 1.82) is 0 Å². The molecule has 1 aliphatic rings. The van der Waals surface area contributed by atoms with Crippen molar-refractivity contribution in [1.82, 2.24) is 0 Å². The van der Waals surface area contributed by atoms with Gasteiger partial charge in [-0.1, -0.05) is 36.9 Å². The summed E-state index contributed by atoms with van der Waals surface area (Å²) >= 11 is 0. The molecule has 3 nitrogen and oxygen atoms in total. The average molecular weight is 246 g/mol. The van der Waals surface area contributed by atoms with E-state index in [-0.39, 0.29) is 5.78 Å². The maximum atomic E-state index is 12.3. The summed E-state index contributed by atoms with van der Waals surface area (Å²) in [5, 5.41) is 0. The lowest BCUT2D eigenvalue weighted by Gasteiger charge is -2.40. The number of hydrogen-bond acceptors (Lipinski definition) is 2. The first-order valence-electron chi connectivity index (χ1n) is 6.38. The zero-order valence-electron chi connectivity index (χ0n) is 10.7. The van der Waals surface area contributed by atoms with Gasteiger partial charge in [0.1, 0.15) is 19.6 Å². The van der Waals surface area contributed by atoms with Gasteiger partial charge in [0.2, 0.25) is 5.78 Å². The second-order valence-electron chi connectivity index (χ2n) is 4.82. The predicted molar refractivity (Wildman–Crippen MR) is 71.5 cm³/mol. The van der Waals surface area contributed by atoms with Crippen molar-refractivity contribution in [3.63, 3.8) is 0 Å². The van der Waals surface area contributed by atoms with Crippen molar-refractivity contribution >= 4 is 5.78 Å². The van der Waals surface area contributed by atoms with E-state index in [1.807, 2.05) is 36.4 Å². The summed E-state index contributed by atoms with van der Waals surface area (Å²) < 4.78 is 6.17. The molecule has 1 heterocycles. The lowest BCUT2D eigenvalue weighted by molar-refractivity contribution is -0.922. The minimum absolute atomic E-state index is 0.208. The van der Waals surface area contributed by atoms with Gasteiger partial charge in [-0.2, -0.15) is 0 Å². The first kappa shape index (κ1) is 13.0. The van der Waals surface area contributed by atoms with E-state index < -0.39 is 0 Å². The van der Waals surface area contributed by atoms with Crippen LogP contribution in [-0.2, 0) is 4.74 Å². The molecule has 1 aromatic carbocycles. The molecule has 0 saturated carbocycles. The number of quaternary nitrogens is 1. The van der Waals surface area contributed by atoms with Gasteiger partial charge in [0.15, 0.2) is 0 Å². The van der Waals surface area contributed by atoms with Gasteiger partial charge in [-0.05, 0) is 6.08 Å². The summed E-state index contributed by atoms with van der Waals surface area (Å²) in [6.45, 7) is 8.44. The van der Waals surface area contributed by atoms with Crippen molar-refractivity contribution in [2.24, 2.45) is 0 Å². The molecule has 1 aromatic rings. The highest BCUT2D eigenvalue weighted by molar-refractivity contribution is 5.96. The van der Waals surface area contributed by atoms with Crippen molar-refractivity contribution in [2.75, 3.05) is 39.4 Å². The van der Waals surface area contributed by atoms with Crippen LogP contribution < -0.4 is 0 Å². The Balaban J connectivity index is 2.09. The standard InChI is InChI=1S/C15H20NO2/c1-2-8-16(9-11-18-12-10-16)13-15(17)14-6-4-3-5-7-14/h2-7H,1,8-13H2/q+1. The van der Waals surface area contributed by atoms with Crippen molar-refractivity contribution < 1.29 is 14.0 Å². The second kappa shape index (κ2) is 5.94. The first-order chi connectivity index (χ1) is 8.76. The van der Waals surface area contributed by atoms with Crippen LogP contribution in [0.4, 0.5) is 0 Å². The highest BCUT2D eigenvalue weighted by Crippen LogP contribution is 2.14. The van der Waals surface area contributed by atoms with Crippen molar-refractivity contribution in [3.05, 3.63) is 48.6 Å². The summed E-state index contributed by atoms with van der Waals surface area (Å²) in [7, 11) is 0. The molecule has 0 unspecified atom stereocenters. The third-order valence-corrected chi connectivity index (χ3v) is 3.51. The van der Waals surface area contributed by atoms with Gasteiger partial charge in [0.05, 0.1) is 19.8 Å². The summed E-state index contributed by atoms with van der Waals surface area (Å²) in [5.74, 6) is 0.208. The molecule has 1 saturated heterocycles. The van der Waals surface area contributed by atoms with Crippen molar-refractivity contribution in [3.8, 4) is 0 Å². The Kier molecular flexibility index (Phi) is 4.28. The SMILES string of the molecule is C=CC[N+]1(CC(=O)c2ccccc2)CCOCC1.